The van der Waals surface area contributed by atoms with Gasteiger partial charge in [0, 0.05) is 38.3 Å². The number of nitrogens with zero attached hydrogens (tertiary/aromatic N) is 4. The Kier molecular flexibility index (Phi) is 4.48. The van der Waals surface area contributed by atoms with Crippen molar-refractivity contribution in [3.63, 3.8) is 0 Å². The first kappa shape index (κ1) is 16.4. The number of pyridine rings is 1. The smallest absolute Gasteiger partial charge is 0.272 e. The van der Waals surface area contributed by atoms with Crippen molar-refractivity contribution in [3.05, 3.63) is 60.0 Å². The number of fused-ring (bicyclic) bond motifs is 1. The summed E-state index contributed by atoms with van der Waals surface area (Å²) in [5.74, 6) is 0.821. The second-order valence-electron chi connectivity index (χ2n) is 6.52. The maximum atomic E-state index is 12.7. The van der Waals surface area contributed by atoms with Crippen LogP contribution in [0.2, 0.25) is 0 Å². The maximum absolute atomic E-state index is 12.7. The number of carbonyl (C=O) groups is 1. The van der Waals surface area contributed by atoms with E-state index in [1.807, 2.05) is 29.2 Å². The maximum Gasteiger partial charge on any atom is 0.272 e. The minimum absolute atomic E-state index is 0.0636. The molecule has 26 heavy (non-hydrogen) atoms. The summed E-state index contributed by atoms with van der Waals surface area (Å²) < 4.78 is 6.03. The summed E-state index contributed by atoms with van der Waals surface area (Å²) in [6.45, 7) is 3.38. The van der Waals surface area contributed by atoms with E-state index in [1.165, 1.54) is 5.56 Å². The van der Waals surface area contributed by atoms with E-state index in [0.29, 0.717) is 29.9 Å². The number of hydrogen-bond donors (Lipinski definition) is 0. The van der Waals surface area contributed by atoms with Gasteiger partial charge in [0.15, 0.2) is 5.65 Å². The van der Waals surface area contributed by atoms with Crippen LogP contribution in [-0.4, -0.2) is 45.0 Å². The average molecular weight is 348 g/mol. The largest absolute Gasteiger partial charge is 0.490 e. The third-order valence-corrected chi connectivity index (χ3v) is 4.60. The first-order valence-electron chi connectivity index (χ1n) is 8.79. The molecule has 0 spiro atoms. The van der Waals surface area contributed by atoms with Crippen molar-refractivity contribution in [3.8, 4) is 5.75 Å². The molecule has 2 aromatic heterocycles. The van der Waals surface area contributed by atoms with E-state index < -0.39 is 0 Å². The molecule has 132 valence electrons. The number of ether oxygens (including phenoxy) is 1. The van der Waals surface area contributed by atoms with E-state index in [4.69, 9.17) is 4.74 Å². The third-order valence-electron chi connectivity index (χ3n) is 4.60. The fourth-order valence-corrected chi connectivity index (χ4v) is 3.12. The molecule has 1 amide bonds. The number of hydrogen-bond acceptors (Lipinski definition) is 5. The summed E-state index contributed by atoms with van der Waals surface area (Å²) in [6.07, 6.45) is 4.96. The van der Waals surface area contributed by atoms with Crippen molar-refractivity contribution in [2.45, 2.75) is 25.9 Å². The van der Waals surface area contributed by atoms with Crippen LogP contribution < -0.4 is 4.74 Å². The number of likely N-dealkylation sites (tertiary alicyclic amines) is 1. The topological polar surface area (TPSA) is 68.2 Å². The third kappa shape index (κ3) is 3.49. The fourth-order valence-electron chi connectivity index (χ4n) is 3.12. The molecule has 0 N–H and O–H groups in total. The van der Waals surface area contributed by atoms with Gasteiger partial charge < -0.3 is 9.64 Å². The molecule has 0 atom stereocenters. The summed E-state index contributed by atoms with van der Waals surface area (Å²) in [7, 11) is 0. The molecule has 0 bridgehead atoms. The molecular weight excluding hydrogens is 328 g/mol. The minimum atomic E-state index is -0.0636. The molecule has 1 saturated heterocycles. The van der Waals surface area contributed by atoms with E-state index in [-0.39, 0.29) is 12.0 Å². The SMILES string of the molecule is Cc1ccc(OC2CCN(C(=O)c3ccc4nccnc4n3)CC2)cc1. The summed E-state index contributed by atoms with van der Waals surface area (Å²) in [5.41, 5.74) is 2.81. The van der Waals surface area contributed by atoms with Crippen molar-refractivity contribution in [1.82, 2.24) is 19.9 Å². The van der Waals surface area contributed by atoms with Gasteiger partial charge in [-0.2, -0.15) is 0 Å². The summed E-state index contributed by atoms with van der Waals surface area (Å²) in [5, 5.41) is 0. The Labute approximate surface area is 151 Å². The highest BCUT2D eigenvalue weighted by Gasteiger charge is 2.25. The van der Waals surface area contributed by atoms with Crippen molar-refractivity contribution >= 4 is 17.1 Å². The summed E-state index contributed by atoms with van der Waals surface area (Å²) >= 11 is 0. The standard InChI is InChI=1S/C20H20N4O2/c1-14-2-4-15(5-3-14)26-16-8-12-24(13-9-16)20(25)18-7-6-17-19(23-18)22-11-10-21-17/h2-7,10-11,16H,8-9,12-13H2,1H3. The van der Waals surface area contributed by atoms with Gasteiger partial charge in [0.2, 0.25) is 0 Å². The Balaban J connectivity index is 1.38. The zero-order valence-electron chi connectivity index (χ0n) is 14.6. The van der Waals surface area contributed by atoms with Gasteiger partial charge in [0.1, 0.15) is 23.1 Å². The lowest BCUT2D eigenvalue weighted by atomic mass is 10.1. The molecule has 0 radical (unpaired) electrons. The number of aryl methyl sites for hydroxylation is 1. The molecule has 0 unspecified atom stereocenters. The highest BCUT2D eigenvalue weighted by Crippen LogP contribution is 2.20. The van der Waals surface area contributed by atoms with Crippen molar-refractivity contribution in [2.75, 3.05) is 13.1 Å². The number of rotatable bonds is 3. The number of benzene rings is 1. The lowest BCUT2D eigenvalue weighted by Crippen LogP contribution is -2.42. The van der Waals surface area contributed by atoms with E-state index in [9.17, 15) is 4.79 Å². The normalized spacial score (nSPS) is 15.2. The minimum Gasteiger partial charge on any atom is -0.490 e. The molecule has 4 rings (SSSR count). The quantitative estimate of drug-likeness (QED) is 0.728. The highest BCUT2D eigenvalue weighted by atomic mass is 16.5. The molecule has 0 saturated carbocycles. The first-order valence-corrected chi connectivity index (χ1v) is 8.79. The lowest BCUT2D eigenvalue weighted by molar-refractivity contribution is 0.0590. The number of amides is 1. The highest BCUT2D eigenvalue weighted by molar-refractivity contribution is 5.94. The zero-order chi connectivity index (χ0) is 17.9. The molecule has 1 aliphatic heterocycles. The first-order chi connectivity index (χ1) is 12.7. The van der Waals surface area contributed by atoms with Crippen LogP contribution in [0.25, 0.3) is 11.2 Å². The van der Waals surface area contributed by atoms with Crippen LogP contribution >= 0.6 is 0 Å². The van der Waals surface area contributed by atoms with Crippen molar-refractivity contribution in [2.24, 2.45) is 0 Å². The number of aromatic nitrogens is 3. The Hall–Kier alpha value is -3.02. The van der Waals surface area contributed by atoms with Crippen LogP contribution in [0.5, 0.6) is 5.75 Å². The molecule has 0 aliphatic carbocycles. The van der Waals surface area contributed by atoms with Crippen molar-refractivity contribution < 1.29 is 9.53 Å². The van der Waals surface area contributed by atoms with E-state index in [1.54, 1.807) is 24.5 Å². The van der Waals surface area contributed by atoms with E-state index in [2.05, 4.69) is 21.9 Å². The summed E-state index contributed by atoms with van der Waals surface area (Å²) in [4.78, 5) is 27.3. The van der Waals surface area contributed by atoms with Crippen LogP contribution in [0.1, 0.15) is 28.9 Å². The molecule has 3 heterocycles. The van der Waals surface area contributed by atoms with Crippen LogP contribution in [-0.2, 0) is 0 Å². The van der Waals surface area contributed by atoms with Crippen molar-refractivity contribution in [1.29, 1.82) is 0 Å². The van der Waals surface area contributed by atoms with Crippen LogP contribution in [0, 0.1) is 6.92 Å². The molecule has 3 aromatic rings. The van der Waals surface area contributed by atoms with Gasteiger partial charge in [0.25, 0.3) is 5.91 Å². The zero-order valence-corrected chi connectivity index (χ0v) is 14.6. The lowest BCUT2D eigenvalue weighted by Gasteiger charge is -2.32. The Bertz CT molecular complexity index is 919. The Morgan fingerprint density at radius 3 is 2.54 bits per heavy atom. The van der Waals surface area contributed by atoms with Gasteiger partial charge in [-0.15, -0.1) is 0 Å². The second kappa shape index (κ2) is 7.07. The van der Waals surface area contributed by atoms with Gasteiger partial charge in [-0.25, -0.2) is 9.97 Å². The monoisotopic (exact) mass is 348 g/mol. The van der Waals surface area contributed by atoms with Gasteiger partial charge in [0.05, 0.1) is 0 Å². The van der Waals surface area contributed by atoms with Gasteiger partial charge in [-0.1, -0.05) is 17.7 Å². The second-order valence-corrected chi connectivity index (χ2v) is 6.52. The molecule has 1 fully saturated rings. The predicted octanol–water partition coefficient (Wildman–Crippen LogP) is 3.02. The fraction of sp³-hybridized carbons (Fsp3) is 0.300. The van der Waals surface area contributed by atoms with Crippen LogP contribution in [0.15, 0.2) is 48.8 Å². The van der Waals surface area contributed by atoms with Gasteiger partial charge in [-0.3, -0.25) is 9.78 Å². The number of piperidine rings is 1. The Morgan fingerprint density at radius 1 is 1.04 bits per heavy atom. The molecule has 1 aliphatic rings. The molecule has 1 aromatic carbocycles. The number of carbonyl (C=O) groups excluding carboxylic acids is 1. The Morgan fingerprint density at radius 2 is 1.77 bits per heavy atom. The van der Waals surface area contributed by atoms with E-state index >= 15 is 0 Å². The molecule has 6 heteroatoms. The predicted molar refractivity (Wildman–Crippen MR) is 98.1 cm³/mol. The van der Waals surface area contributed by atoms with Crippen LogP contribution in [0.4, 0.5) is 0 Å². The van der Waals surface area contributed by atoms with Gasteiger partial charge >= 0.3 is 0 Å². The molecular formula is C20H20N4O2. The molecule has 6 nitrogen and oxygen atoms in total. The van der Waals surface area contributed by atoms with E-state index in [0.717, 1.165) is 18.6 Å². The van der Waals surface area contributed by atoms with Gasteiger partial charge in [-0.05, 0) is 31.2 Å². The summed E-state index contributed by atoms with van der Waals surface area (Å²) in [6, 6.07) is 11.6. The average Bonchev–Trinajstić information content (AvgIpc) is 2.69. The van der Waals surface area contributed by atoms with Crippen LogP contribution in [0.3, 0.4) is 0 Å².